The van der Waals surface area contributed by atoms with E-state index in [1.165, 1.54) is 0 Å². The Bertz CT molecular complexity index is 452. The number of nitrogens with zero attached hydrogens (tertiary/aromatic N) is 3. The molecule has 2 heterocycles. The molecule has 0 aliphatic heterocycles. The Morgan fingerprint density at radius 1 is 1.29 bits per heavy atom. The SMILES string of the molecule is N#Cc1ncccc1Cn1cccc1. The van der Waals surface area contributed by atoms with Crippen molar-refractivity contribution in [1.29, 1.82) is 5.26 Å². The fourth-order valence-electron chi connectivity index (χ4n) is 1.34. The van der Waals surface area contributed by atoms with Crippen molar-refractivity contribution in [3.63, 3.8) is 0 Å². The van der Waals surface area contributed by atoms with Gasteiger partial charge in [-0.2, -0.15) is 5.26 Å². The molecule has 0 unspecified atom stereocenters. The minimum Gasteiger partial charge on any atom is -0.350 e. The molecule has 0 bridgehead atoms. The highest BCUT2D eigenvalue weighted by Crippen LogP contribution is 2.06. The van der Waals surface area contributed by atoms with Gasteiger partial charge in [0, 0.05) is 30.7 Å². The second-order valence-electron chi connectivity index (χ2n) is 2.98. The highest BCUT2D eigenvalue weighted by atomic mass is 14.9. The van der Waals surface area contributed by atoms with Crippen molar-refractivity contribution < 1.29 is 0 Å². The maximum absolute atomic E-state index is 8.83. The van der Waals surface area contributed by atoms with Crippen molar-refractivity contribution in [1.82, 2.24) is 9.55 Å². The van der Waals surface area contributed by atoms with Crippen LogP contribution in [0, 0.1) is 11.3 Å². The molecule has 0 saturated carbocycles. The molecule has 0 saturated heterocycles. The van der Waals surface area contributed by atoms with Crippen LogP contribution in [0.5, 0.6) is 0 Å². The lowest BCUT2D eigenvalue weighted by molar-refractivity contribution is 0.798. The van der Waals surface area contributed by atoms with Crippen LogP contribution in [-0.4, -0.2) is 9.55 Å². The van der Waals surface area contributed by atoms with Gasteiger partial charge in [-0.3, -0.25) is 0 Å². The van der Waals surface area contributed by atoms with Crippen molar-refractivity contribution in [3.05, 3.63) is 54.1 Å². The first-order chi connectivity index (χ1) is 6.90. The van der Waals surface area contributed by atoms with Gasteiger partial charge in [-0.1, -0.05) is 6.07 Å². The van der Waals surface area contributed by atoms with E-state index in [-0.39, 0.29) is 0 Å². The van der Waals surface area contributed by atoms with Crippen LogP contribution in [0.1, 0.15) is 11.3 Å². The lowest BCUT2D eigenvalue weighted by Crippen LogP contribution is -2.00. The zero-order valence-electron chi connectivity index (χ0n) is 7.59. The van der Waals surface area contributed by atoms with Gasteiger partial charge in [0.25, 0.3) is 0 Å². The molecule has 3 heteroatoms. The molecule has 0 amide bonds. The lowest BCUT2D eigenvalue weighted by atomic mass is 10.2. The molecule has 68 valence electrons. The first-order valence-electron chi connectivity index (χ1n) is 4.35. The summed E-state index contributed by atoms with van der Waals surface area (Å²) in [4.78, 5) is 4.00. The summed E-state index contributed by atoms with van der Waals surface area (Å²) < 4.78 is 2.01. The summed E-state index contributed by atoms with van der Waals surface area (Å²) in [7, 11) is 0. The summed E-state index contributed by atoms with van der Waals surface area (Å²) >= 11 is 0. The number of pyridine rings is 1. The molecule has 0 fully saturated rings. The van der Waals surface area contributed by atoms with E-state index in [1.807, 2.05) is 41.2 Å². The molecule has 0 aliphatic rings. The third-order valence-electron chi connectivity index (χ3n) is 2.02. The van der Waals surface area contributed by atoms with E-state index in [9.17, 15) is 0 Å². The largest absolute Gasteiger partial charge is 0.350 e. The monoisotopic (exact) mass is 183 g/mol. The molecule has 2 aromatic heterocycles. The fourth-order valence-corrected chi connectivity index (χ4v) is 1.34. The summed E-state index contributed by atoms with van der Waals surface area (Å²) in [6, 6.07) is 9.77. The third-order valence-corrected chi connectivity index (χ3v) is 2.02. The molecule has 3 nitrogen and oxygen atoms in total. The first-order valence-corrected chi connectivity index (χ1v) is 4.35. The Hall–Kier alpha value is -2.08. The summed E-state index contributed by atoms with van der Waals surface area (Å²) in [5.74, 6) is 0. The molecule has 14 heavy (non-hydrogen) atoms. The summed E-state index contributed by atoms with van der Waals surface area (Å²) in [6.45, 7) is 0.698. The standard InChI is InChI=1S/C11H9N3/c12-8-11-10(4-3-5-13-11)9-14-6-1-2-7-14/h1-7H,9H2. The average Bonchev–Trinajstić information content (AvgIpc) is 2.71. The van der Waals surface area contributed by atoms with Crippen LogP contribution >= 0.6 is 0 Å². The van der Waals surface area contributed by atoms with Crippen LogP contribution in [0.4, 0.5) is 0 Å². The van der Waals surface area contributed by atoms with Crippen LogP contribution in [0.25, 0.3) is 0 Å². The maximum Gasteiger partial charge on any atom is 0.145 e. The quantitative estimate of drug-likeness (QED) is 0.712. The van der Waals surface area contributed by atoms with Crippen molar-refractivity contribution in [3.8, 4) is 6.07 Å². The Kier molecular flexibility index (Phi) is 2.28. The summed E-state index contributed by atoms with van der Waals surface area (Å²) in [5, 5.41) is 8.83. The van der Waals surface area contributed by atoms with Gasteiger partial charge in [0.05, 0.1) is 0 Å². The van der Waals surface area contributed by atoms with Crippen LogP contribution < -0.4 is 0 Å². The number of rotatable bonds is 2. The van der Waals surface area contributed by atoms with Crippen LogP contribution in [0.2, 0.25) is 0 Å². The van der Waals surface area contributed by atoms with Gasteiger partial charge in [0.2, 0.25) is 0 Å². The molecule has 0 aliphatic carbocycles. The Morgan fingerprint density at radius 2 is 2.07 bits per heavy atom. The molecule has 0 aromatic carbocycles. The highest BCUT2D eigenvalue weighted by Gasteiger charge is 2.01. The van der Waals surface area contributed by atoms with Gasteiger partial charge >= 0.3 is 0 Å². The Labute approximate surface area is 82.2 Å². The topological polar surface area (TPSA) is 41.6 Å². The zero-order chi connectivity index (χ0) is 9.80. The van der Waals surface area contributed by atoms with Crippen LogP contribution in [-0.2, 0) is 6.54 Å². The van der Waals surface area contributed by atoms with Crippen molar-refractivity contribution in [2.45, 2.75) is 6.54 Å². The van der Waals surface area contributed by atoms with Crippen molar-refractivity contribution >= 4 is 0 Å². The van der Waals surface area contributed by atoms with Gasteiger partial charge < -0.3 is 4.57 Å². The van der Waals surface area contributed by atoms with Crippen molar-refractivity contribution in [2.24, 2.45) is 0 Å². The Balaban J connectivity index is 2.30. The van der Waals surface area contributed by atoms with Gasteiger partial charge in [-0.25, -0.2) is 4.98 Å². The minimum absolute atomic E-state index is 0.501. The molecule has 0 N–H and O–H groups in total. The van der Waals surface area contributed by atoms with E-state index in [1.54, 1.807) is 6.20 Å². The number of hydrogen-bond donors (Lipinski definition) is 0. The highest BCUT2D eigenvalue weighted by molar-refractivity contribution is 5.30. The number of hydrogen-bond acceptors (Lipinski definition) is 2. The second-order valence-corrected chi connectivity index (χ2v) is 2.98. The average molecular weight is 183 g/mol. The molecular formula is C11H9N3. The molecule has 2 aromatic rings. The summed E-state index contributed by atoms with van der Waals surface area (Å²) in [6.07, 6.45) is 5.57. The molecular weight excluding hydrogens is 174 g/mol. The predicted molar refractivity (Wildman–Crippen MR) is 52.5 cm³/mol. The van der Waals surface area contributed by atoms with E-state index >= 15 is 0 Å². The van der Waals surface area contributed by atoms with E-state index in [0.717, 1.165) is 5.56 Å². The van der Waals surface area contributed by atoms with Gasteiger partial charge in [-0.15, -0.1) is 0 Å². The van der Waals surface area contributed by atoms with Gasteiger partial charge in [0.15, 0.2) is 0 Å². The molecule has 0 atom stereocenters. The predicted octanol–water partition coefficient (Wildman–Crippen LogP) is 1.80. The minimum atomic E-state index is 0.501. The molecule has 0 radical (unpaired) electrons. The van der Waals surface area contributed by atoms with E-state index < -0.39 is 0 Å². The smallest absolute Gasteiger partial charge is 0.145 e. The molecule has 0 spiro atoms. The van der Waals surface area contributed by atoms with E-state index in [0.29, 0.717) is 12.2 Å². The maximum atomic E-state index is 8.83. The van der Waals surface area contributed by atoms with Gasteiger partial charge in [-0.05, 0) is 18.2 Å². The fraction of sp³-hybridized carbons (Fsp3) is 0.0909. The van der Waals surface area contributed by atoms with E-state index in [2.05, 4.69) is 11.1 Å². The van der Waals surface area contributed by atoms with E-state index in [4.69, 9.17) is 5.26 Å². The third kappa shape index (κ3) is 1.64. The Morgan fingerprint density at radius 3 is 2.79 bits per heavy atom. The first kappa shape index (κ1) is 8.52. The number of nitriles is 1. The summed E-state index contributed by atoms with van der Waals surface area (Å²) in [5.41, 5.74) is 1.45. The number of aromatic nitrogens is 2. The van der Waals surface area contributed by atoms with Crippen LogP contribution in [0.3, 0.4) is 0 Å². The lowest BCUT2D eigenvalue weighted by Gasteiger charge is -2.03. The molecule has 2 rings (SSSR count). The zero-order valence-corrected chi connectivity index (χ0v) is 7.59. The normalized spacial score (nSPS) is 9.64. The van der Waals surface area contributed by atoms with Crippen LogP contribution in [0.15, 0.2) is 42.9 Å². The van der Waals surface area contributed by atoms with Gasteiger partial charge in [0.1, 0.15) is 11.8 Å². The second kappa shape index (κ2) is 3.75. The van der Waals surface area contributed by atoms with Crippen molar-refractivity contribution in [2.75, 3.05) is 0 Å².